The highest BCUT2D eigenvalue weighted by Crippen LogP contribution is 2.25. The molecule has 28 heavy (non-hydrogen) atoms. The molecule has 1 aliphatic carbocycles. The van der Waals surface area contributed by atoms with Gasteiger partial charge in [-0.25, -0.2) is 4.79 Å². The van der Waals surface area contributed by atoms with Crippen molar-refractivity contribution < 1.29 is 14.3 Å². The minimum atomic E-state index is -0.325. The smallest absolute Gasteiger partial charge is 0.338 e. The van der Waals surface area contributed by atoms with Crippen LogP contribution in [0.15, 0.2) is 48.5 Å². The Morgan fingerprint density at radius 2 is 1.61 bits per heavy atom. The van der Waals surface area contributed by atoms with Crippen LogP contribution in [0.4, 0.5) is 5.69 Å². The number of rotatable bonds is 5. The number of carbonyl (C=O) groups excluding carboxylic acids is 2. The average molecular weight is 418 g/mol. The van der Waals surface area contributed by atoms with Crippen molar-refractivity contribution in [3.63, 3.8) is 0 Å². The molecule has 1 saturated carbocycles. The standard InChI is InChI=1S/C22H21Cl2NO3/c23-19-7-4-8-20(24)18(19)13-14-21(26)25-16-11-9-15(10-12-16)22(27)28-17-5-2-1-3-6-17/h4,7-14,17H,1-3,5-6H2,(H,25,26)/b14-13+. The fourth-order valence-electron chi connectivity index (χ4n) is 3.10. The van der Waals surface area contributed by atoms with Crippen molar-refractivity contribution in [3.8, 4) is 0 Å². The van der Waals surface area contributed by atoms with E-state index in [2.05, 4.69) is 5.32 Å². The quantitative estimate of drug-likeness (QED) is 0.469. The van der Waals surface area contributed by atoms with Gasteiger partial charge < -0.3 is 10.1 Å². The highest BCUT2D eigenvalue weighted by atomic mass is 35.5. The predicted octanol–water partition coefficient (Wildman–Crippen LogP) is 6.13. The number of benzene rings is 2. The number of nitrogens with one attached hydrogen (secondary N) is 1. The van der Waals surface area contributed by atoms with Gasteiger partial charge in [0.25, 0.3) is 0 Å². The minimum absolute atomic E-state index is 0.0161. The van der Waals surface area contributed by atoms with Gasteiger partial charge in [-0.1, -0.05) is 35.7 Å². The van der Waals surface area contributed by atoms with Crippen molar-refractivity contribution in [1.82, 2.24) is 0 Å². The predicted molar refractivity (Wildman–Crippen MR) is 113 cm³/mol. The van der Waals surface area contributed by atoms with Crippen LogP contribution in [0.1, 0.15) is 48.0 Å². The summed E-state index contributed by atoms with van der Waals surface area (Å²) in [6, 6.07) is 11.8. The number of hydrogen-bond donors (Lipinski definition) is 1. The Morgan fingerprint density at radius 3 is 2.25 bits per heavy atom. The van der Waals surface area contributed by atoms with Crippen LogP contribution in [0.5, 0.6) is 0 Å². The van der Waals surface area contributed by atoms with Crippen LogP contribution in [0.25, 0.3) is 6.08 Å². The van der Waals surface area contributed by atoms with E-state index in [1.54, 1.807) is 48.5 Å². The zero-order chi connectivity index (χ0) is 19.9. The molecule has 0 aliphatic heterocycles. The Kier molecular flexibility index (Phi) is 7.12. The van der Waals surface area contributed by atoms with Crippen LogP contribution < -0.4 is 5.32 Å². The fourth-order valence-corrected chi connectivity index (χ4v) is 3.63. The summed E-state index contributed by atoms with van der Waals surface area (Å²) >= 11 is 12.2. The summed E-state index contributed by atoms with van der Waals surface area (Å²) in [6.45, 7) is 0. The van der Waals surface area contributed by atoms with Crippen LogP contribution >= 0.6 is 23.2 Å². The molecule has 0 spiro atoms. The van der Waals surface area contributed by atoms with E-state index in [0.29, 0.717) is 26.9 Å². The van der Waals surface area contributed by atoms with E-state index in [1.807, 2.05) is 0 Å². The summed E-state index contributed by atoms with van der Waals surface area (Å²) in [4.78, 5) is 24.3. The van der Waals surface area contributed by atoms with E-state index in [9.17, 15) is 9.59 Å². The van der Waals surface area contributed by atoms with Gasteiger partial charge >= 0.3 is 5.97 Å². The average Bonchev–Trinajstić information content (AvgIpc) is 2.69. The van der Waals surface area contributed by atoms with Gasteiger partial charge in [0.1, 0.15) is 6.10 Å². The lowest BCUT2D eigenvalue weighted by Gasteiger charge is -2.21. The molecular weight excluding hydrogens is 397 g/mol. The number of hydrogen-bond acceptors (Lipinski definition) is 3. The Hall–Kier alpha value is -2.30. The first-order valence-electron chi connectivity index (χ1n) is 9.27. The lowest BCUT2D eigenvalue weighted by Crippen LogP contribution is -2.20. The Morgan fingerprint density at radius 1 is 0.964 bits per heavy atom. The van der Waals surface area contributed by atoms with Crippen molar-refractivity contribution >= 4 is 46.8 Å². The lowest BCUT2D eigenvalue weighted by atomic mass is 9.98. The second kappa shape index (κ2) is 9.76. The molecule has 1 aliphatic rings. The van der Waals surface area contributed by atoms with Crippen LogP contribution in [-0.4, -0.2) is 18.0 Å². The first-order valence-corrected chi connectivity index (χ1v) is 10.0. The highest BCUT2D eigenvalue weighted by Gasteiger charge is 2.18. The van der Waals surface area contributed by atoms with E-state index >= 15 is 0 Å². The van der Waals surface area contributed by atoms with Crippen molar-refractivity contribution in [3.05, 3.63) is 69.7 Å². The third-order valence-electron chi connectivity index (χ3n) is 4.62. The second-order valence-corrected chi connectivity index (χ2v) is 7.51. The van der Waals surface area contributed by atoms with Crippen molar-refractivity contribution in [1.29, 1.82) is 0 Å². The van der Waals surface area contributed by atoms with Gasteiger partial charge in [-0.15, -0.1) is 0 Å². The maximum atomic E-state index is 12.2. The van der Waals surface area contributed by atoms with E-state index < -0.39 is 0 Å². The van der Waals surface area contributed by atoms with Gasteiger partial charge in [-0.05, 0) is 68.2 Å². The van der Waals surface area contributed by atoms with Crippen LogP contribution in [-0.2, 0) is 9.53 Å². The van der Waals surface area contributed by atoms with Crippen molar-refractivity contribution in [2.45, 2.75) is 38.2 Å². The largest absolute Gasteiger partial charge is 0.459 e. The van der Waals surface area contributed by atoms with Crippen LogP contribution in [0.2, 0.25) is 10.0 Å². The molecular formula is C22H21Cl2NO3. The summed E-state index contributed by atoms with van der Waals surface area (Å²) in [5.74, 6) is -0.647. The number of amides is 1. The Labute approximate surface area is 174 Å². The summed E-state index contributed by atoms with van der Waals surface area (Å²) in [7, 11) is 0. The molecule has 1 fully saturated rings. The summed E-state index contributed by atoms with van der Waals surface area (Å²) in [5, 5.41) is 3.67. The molecule has 146 valence electrons. The molecule has 1 amide bonds. The number of ether oxygens (including phenoxy) is 1. The number of anilines is 1. The zero-order valence-electron chi connectivity index (χ0n) is 15.3. The maximum Gasteiger partial charge on any atom is 0.338 e. The normalized spacial score (nSPS) is 14.8. The fraction of sp³-hybridized carbons (Fsp3) is 0.273. The molecule has 0 heterocycles. The van der Waals surface area contributed by atoms with Gasteiger partial charge in [0.2, 0.25) is 5.91 Å². The summed E-state index contributed by atoms with van der Waals surface area (Å²) in [6.07, 6.45) is 8.23. The van der Waals surface area contributed by atoms with Gasteiger partial charge in [-0.2, -0.15) is 0 Å². The molecule has 3 rings (SSSR count). The van der Waals surface area contributed by atoms with Crippen molar-refractivity contribution in [2.24, 2.45) is 0 Å². The number of carbonyl (C=O) groups is 2. The second-order valence-electron chi connectivity index (χ2n) is 6.70. The van der Waals surface area contributed by atoms with Gasteiger partial charge in [-0.3, -0.25) is 4.79 Å². The minimum Gasteiger partial charge on any atom is -0.459 e. The van der Waals surface area contributed by atoms with Gasteiger partial charge in [0.15, 0.2) is 0 Å². The topological polar surface area (TPSA) is 55.4 Å². The molecule has 1 N–H and O–H groups in total. The molecule has 6 heteroatoms. The van der Waals surface area contributed by atoms with E-state index in [-0.39, 0.29) is 18.0 Å². The first-order chi connectivity index (χ1) is 13.5. The van der Waals surface area contributed by atoms with E-state index in [1.165, 1.54) is 12.5 Å². The summed E-state index contributed by atoms with van der Waals surface area (Å²) < 4.78 is 5.55. The van der Waals surface area contributed by atoms with Crippen LogP contribution in [0, 0.1) is 0 Å². The molecule has 0 atom stereocenters. The molecule has 2 aromatic rings. The monoisotopic (exact) mass is 417 g/mol. The molecule has 0 saturated heterocycles. The van der Waals surface area contributed by atoms with Crippen molar-refractivity contribution in [2.75, 3.05) is 5.32 Å². The number of halogens is 2. The maximum absolute atomic E-state index is 12.2. The van der Waals surface area contributed by atoms with Gasteiger partial charge in [0, 0.05) is 27.4 Å². The zero-order valence-corrected chi connectivity index (χ0v) is 16.8. The molecule has 0 aromatic heterocycles. The molecule has 0 radical (unpaired) electrons. The highest BCUT2D eigenvalue weighted by molar-refractivity contribution is 6.37. The Balaban J connectivity index is 1.56. The van der Waals surface area contributed by atoms with Gasteiger partial charge in [0.05, 0.1) is 5.56 Å². The molecule has 0 unspecified atom stereocenters. The van der Waals surface area contributed by atoms with E-state index in [0.717, 1.165) is 25.7 Å². The summed E-state index contributed by atoms with van der Waals surface area (Å²) in [5.41, 5.74) is 1.64. The molecule has 0 bridgehead atoms. The molecule has 4 nitrogen and oxygen atoms in total. The van der Waals surface area contributed by atoms with Crippen LogP contribution in [0.3, 0.4) is 0 Å². The lowest BCUT2D eigenvalue weighted by molar-refractivity contribution is -0.111. The third-order valence-corrected chi connectivity index (χ3v) is 5.27. The first kappa shape index (κ1) is 20.4. The third kappa shape index (κ3) is 5.60. The number of esters is 1. The SMILES string of the molecule is O=C(/C=C/c1c(Cl)cccc1Cl)Nc1ccc(C(=O)OC2CCCCC2)cc1. The molecule has 2 aromatic carbocycles. The Bertz CT molecular complexity index is 852. The van der Waals surface area contributed by atoms with E-state index in [4.69, 9.17) is 27.9 Å².